The molecule has 4 aromatic heterocycles. The standard InChI is InChI=1S/C32H38N10O2/c1-22-20-40(14-17-44-22)12-13-42-21-26(19-34-42)23-4-6-24(7-5-23)31-29-27(37-39(31)2)9-8-25-18-33-32(36-30(25)29)35-28-10-11-41(38-28)15-16-43-3/h4-7,10-11,18-19,21-22H,8-9,12-17,20H2,1-3H3,(H,33,35,36,38)/t22-/m0/s1. The molecule has 1 aliphatic heterocycles. The summed E-state index contributed by atoms with van der Waals surface area (Å²) in [5, 5.41) is 17.4. The van der Waals surface area contributed by atoms with Crippen molar-refractivity contribution >= 4 is 11.8 Å². The third-order valence-electron chi connectivity index (χ3n) is 8.35. The molecule has 0 radical (unpaired) electrons. The number of hydrogen-bond donors (Lipinski definition) is 1. The van der Waals surface area contributed by atoms with Crippen LogP contribution < -0.4 is 5.32 Å². The maximum Gasteiger partial charge on any atom is 0.228 e. The molecule has 0 bridgehead atoms. The zero-order valence-corrected chi connectivity index (χ0v) is 25.5. The molecule has 1 N–H and O–H groups in total. The van der Waals surface area contributed by atoms with E-state index in [9.17, 15) is 0 Å². The molecule has 5 heterocycles. The first kappa shape index (κ1) is 28.4. The average molecular weight is 595 g/mol. The molecule has 5 aromatic rings. The highest BCUT2D eigenvalue weighted by Crippen LogP contribution is 2.40. The number of aromatic nitrogens is 8. The Labute approximate surface area is 256 Å². The molecule has 12 nitrogen and oxygen atoms in total. The number of nitrogens with zero attached hydrogens (tertiary/aromatic N) is 9. The van der Waals surface area contributed by atoms with Crippen molar-refractivity contribution in [1.29, 1.82) is 0 Å². The fourth-order valence-corrected chi connectivity index (χ4v) is 6.10. The van der Waals surface area contributed by atoms with E-state index >= 15 is 0 Å². The van der Waals surface area contributed by atoms with Crippen molar-refractivity contribution in [2.45, 2.75) is 39.0 Å². The summed E-state index contributed by atoms with van der Waals surface area (Å²) in [6.07, 6.45) is 9.93. The van der Waals surface area contributed by atoms with Gasteiger partial charge in [-0.25, -0.2) is 9.97 Å². The van der Waals surface area contributed by atoms with Crippen LogP contribution in [-0.4, -0.2) is 90.3 Å². The van der Waals surface area contributed by atoms with Gasteiger partial charge in [-0.1, -0.05) is 24.3 Å². The molecule has 7 rings (SSSR count). The summed E-state index contributed by atoms with van der Waals surface area (Å²) in [5.41, 5.74) is 8.57. The Bertz CT molecular complexity index is 1740. The van der Waals surface area contributed by atoms with Crippen LogP contribution in [0.3, 0.4) is 0 Å². The smallest absolute Gasteiger partial charge is 0.228 e. The molecular formula is C32H38N10O2. The van der Waals surface area contributed by atoms with Crippen LogP contribution in [0.1, 0.15) is 18.2 Å². The van der Waals surface area contributed by atoms with Gasteiger partial charge in [-0.2, -0.15) is 15.3 Å². The Hall–Kier alpha value is -4.39. The van der Waals surface area contributed by atoms with E-state index in [2.05, 4.69) is 62.8 Å². The first-order chi connectivity index (χ1) is 21.5. The van der Waals surface area contributed by atoms with Gasteiger partial charge in [-0.15, -0.1) is 0 Å². The molecule has 0 saturated carbocycles. The quantitative estimate of drug-likeness (QED) is 0.258. The van der Waals surface area contributed by atoms with Crippen LogP contribution in [0.25, 0.3) is 33.6 Å². The van der Waals surface area contributed by atoms with Crippen LogP contribution in [0.15, 0.2) is 55.1 Å². The molecule has 44 heavy (non-hydrogen) atoms. The summed E-state index contributed by atoms with van der Waals surface area (Å²) in [6.45, 7) is 8.00. The van der Waals surface area contributed by atoms with Crippen molar-refractivity contribution in [3.8, 4) is 33.6 Å². The van der Waals surface area contributed by atoms with Crippen molar-refractivity contribution in [1.82, 2.24) is 44.2 Å². The summed E-state index contributed by atoms with van der Waals surface area (Å²) in [7, 11) is 3.69. The van der Waals surface area contributed by atoms with E-state index < -0.39 is 0 Å². The number of methoxy groups -OCH3 is 1. The molecule has 0 unspecified atom stereocenters. The van der Waals surface area contributed by atoms with E-state index in [1.54, 1.807) is 7.11 Å². The molecule has 1 aromatic carbocycles. The lowest BCUT2D eigenvalue weighted by Crippen LogP contribution is -2.42. The van der Waals surface area contributed by atoms with Crippen molar-refractivity contribution in [3.63, 3.8) is 0 Å². The number of anilines is 2. The number of benzene rings is 1. The highest BCUT2D eigenvalue weighted by Gasteiger charge is 2.27. The zero-order chi connectivity index (χ0) is 30.0. The molecule has 1 saturated heterocycles. The molecule has 228 valence electrons. The summed E-state index contributed by atoms with van der Waals surface area (Å²) in [6, 6.07) is 10.6. The van der Waals surface area contributed by atoms with Crippen LogP contribution in [0.2, 0.25) is 0 Å². The Kier molecular flexibility index (Phi) is 7.94. The van der Waals surface area contributed by atoms with Gasteiger partial charge in [0.2, 0.25) is 5.95 Å². The number of rotatable bonds is 10. The molecule has 12 heteroatoms. The normalized spacial score (nSPS) is 16.6. The zero-order valence-electron chi connectivity index (χ0n) is 25.5. The molecule has 0 amide bonds. The first-order valence-electron chi connectivity index (χ1n) is 15.2. The predicted molar refractivity (Wildman–Crippen MR) is 168 cm³/mol. The number of fused-ring (bicyclic) bond motifs is 3. The van der Waals surface area contributed by atoms with E-state index in [0.717, 1.165) is 90.5 Å². The van der Waals surface area contributed by atoms with Gasteiger partial charge < -0.3 is 14.8 Å². The van der Waals surface area contributed by atoms with Crippen LogP contribution >= 0.6 is 0 Å². The maximum absolute atomic E-state index is 5.67. The molecule has 1 aliphatic carbocycles. The van der Waals surface area contributed by atoms with Gasteiger partial charge in [0.15, 0.2) is 5.82 Å². The van der Waals surface area contributed by atoms with Gasteiger partial charge in [-0.05, 0) is 30.9 Å². The Morgan fingerprint density at radius 3 is 2.68 bits per heavy atom. The Balaban J connectivity index is 1.10. The number of hydrogen-bond acceptors (Lipinski definition) is 9. The van der Waals surface area contributed by atoms with Crippen molar-refractivity contribution in [2.75, 3.05) is 45.3 Å². The topological polar surface area (TPSA) is 113 Å². The minimum absolute atomic E-state index is 0.294. The van der Waals surface area contributed by atoms with Crippen LogP contribution in [0, 0.1) is 0 Å². The summed E-state index contributed by atoms with van der Waals surface area (Å²) in [5.74, 6) is 1.21. The lowest BCUT2D eigenvalue weighted by molar-refractivity contribution is -0.0193. The third-order valence-corrected chi connectivity index (χ3v) is 8.35. The largest absolute Gasteiger partial charge is 0.383 e. The summed E-state index contributed by atoms with van der Waals surface area (Å²) >= 11 is 0. The fraction of sp³-hybridized carbons (Fsp3) is 0.406. The van der Waals surface area contributed by atoms with Gasteiger partial charge in [0.05, 0.1) is 55.7 Å². The van der Waals surface area contributed by atoms with Crippen molar-refractivity contribution < 1.29 is 9.47 Å². The number of aryl methyl sites for hydroxylation is 3. The number of morpholine rings is 1. The minimum Gasteiger partial charge on any atom is -0.383 e. The number of ether oxygens (including phenoxy) is 2. The number of nitrogens with one attached hydrogen (secondary N) is 1. The third kappa shape index (κ3) is 5.88. The Morgan fingerprint density at radius 1 is 0.977 bits per heavy atom. The molecule has 2 aliphatic rings. The predicted octanol–water partition coefficient (Wildman–Crippen LogP) is 3.81. The highest BCUT2D eigenvalue weighted by molar-refractivity contribution is 5.85. The summed E-state index contributed by atoms with van der Waals surface area (Å²) in [4.78, 5) is 12.0. The van der Waals surface area contributed by atoms with Gasteiger partial charge in [0, 0.05) is 75.1 Å². The molecule has 1 atom stereocenters. The van der Waals surface area contributed by atoms with Gasteiger partial charge >= 0.3 is 0 Å². The summed E-state index contributed by atoms with van der Waals surface area (Å²) < 4.78 is 16.7. The van der Waals surface area contributed by atoms with E-state index in [0.29, 0.717) is 31.0 Å². The second kappa shape index (κ2) is 12.3. The fourth-order valence-electron chi connectivity index (χ4n) is 6.10. The second-order valence-electron chi connectivity index (χ2n) is 11.5. The SMILES string of the molecule is COCCn1ccc(Nc2ncc3c(n2)-c2c(nn(C)c2-c2ccc(-c4cnn(CCN5CCO[C@@H](C)C5)c4)cc2)CC3)n1. The highest BCUT2D eigenvalue weighted by atomic mass is 16.5. The van der Waals surface area contributed by atoms with Crippen molar-refractivity contribution in [3.05, 3.63) is 66.4 Å². The Morgan fingerprint density at radius 2 is 1.84 bits per heavy atom. The lowest BCUT2D eigenvalue weighted by atomic mass is 9.91. The average Bonchev–Trinajstić information content (AvgIpc) is 3.78. The maximum atomic E-state index is 5.67. The van der Waals surface area contributed by atoms with Gasteiger partial charge in [0.25, 0.3) is 0 Å². The molecule has 0 spiro atoms. The molecule has 1 fully saturated rings. The second-order valence-corrected chi connectivity index (χ2v) is 11.5. The minimum atomic E-state index is 0.294. The van der Waals surface area contributed by atoms with E-state index in [1.807, 2.05) is 45.7 Å². The monoisotopic (exact) mass is 594 g/mol. The van der Waals surface area contributed by atoms with Crippen molar-refractivity contribution in [2.24, 2.45) is 7.05 Å². The van der Waals surface area contributed by atoms with E-state index in [-0.39, 0.29) is 0 Å². The van der Waals surface area contributed by atoms with Crippen LogP contribution in [0.5, 0.6) is 0 Å². The van der Waals surface area contributed by atoms with Gasteiger partial charge in [-0.3, -0.25) is 18.9 Å². The molecular weight excluding hydrogens is 556 g/mol. The van der Waals surface area contributed by atoms with Gasteiger partial charge in [0.1, 0.15) is 0 Å². The first-order valence-corrected chi connectivity index (χ1v) is 15.2. The van der Waals surface area contributed by atoms with E-state index in [1.165, 1.54) is 0 Å². The lowest BCUT2D eigenvalue weighted by Gasteiger charge is -2.30. The van der Waals surface area contributed by atoms with Crippen LogP contribution in [-0.2, 0) is 42.5 Å². The van der Waals surface area contributed by atoms with E-state index in [4.69, 9.17) is 19.6 Å². The van der Waals surface area contributed by atoms with Crippen LogP contribution in [0.4, 0.5) is 11.8 Å².